The van der Waals surface area contributed by atoms with E-state index in [1.165, 1.54) is 6.42 Å². The molecule has 1 aliphatic heterocycles. The van der Waals surface area contributed by atoms with E-state index in [4.69, 9.17) is 0 Å². The first-order valence-electron chi connectivity index (χ1n) is 7.30. The molecule has 2 amide bonds. The van der Waals surface area contributed by atoms with Crippen molar-refractivity contribution in [1.29, 1.82) is 0 Å². The van der Waals surface area contributed by atoms with Crippen LogP contribution in [0.3, 0.4) is 0 Å². The molecule has 1 saturated heterocycles. The number of likely N-dealkylation sites (tertiary alicyclic amines) is 1. The average Bonchev–Trinajstić information content (AvgIpc) is 2.65. The number of carbonyl (C=O) groups excluding carboxylic acids is 1. The molecule has 5 heteroatoms. The summed E-state index contributed by atoms with van der Waals surface area (Å²) >= 11 is 0. The number of rotatable bonds is 1. The molecule has 0 aromatic carbocycles. The first-order chi connectivity index (χ1) is 9.47. The van der Waals surface area contributed by atoms with Crippen molar-refractivity contribution in [3.05, 3.63) is 18.3 Å². The second-order valence-electron chi connectivity index (χ2n) is 6.52. The van der Waals surface area contributed by atoms with E-state index in [9.17, 15) is 4.79 Å². The van der Waals surface area contributed by atoms with Crippen molar-refractivity contribution in [1.82, 2.24) is 15.1 Å². The Morgan fingerprint density at radius 2 is 2.15 bits per heavy atom. The minimum absolute atomic E-state index is 0.0694. The Hall–Kier alpha value is -1.65. The van der Waals surface area contributed by atoms with Gasteiger partial charge in [0.2, 0.25) is 0 Å². The number of urea groups is 1. The van der Waals surface area contributed by atoms with E-state index >= 15 is 0 Å². The second-order valence-corrected chi connectivity index (χ2v) is 6.52. The number of carbonyl (C=O) groups is 1. The number of anilines is 1. The molecule has 0 saturated carbocycles. The zero-order valence-electron chi connectivity index (χ0n) is 12.6. The van der Waals surface area contributed by atoms with Gasteiger partial charge in [-0.1, -0.05) is 20.8 Å². The Kier molecular flexibility index (Phi) is 4.57. The van der Waals surface area contributed by atoms with E-state index in [2.05, 4.69) is 36.3 Å². The highest BCUT2D eigenvalue weighted by molar-refractivity contribution is 5.88. The minimum Gasteiger partial charge on any atom is -0.324 e. The van der Waals surface area contributed by atoms with Crippen molar-refractivity contribution in [3.63, 3.8) is 0 Å². The third kappa shape index (κ3) is 3.92. The number of hydrogen-bond acceptors (Lipinski definition) is 3. The van der Waals surface area contributed by atoms with Gasteiger partial charge >= 0.3 is 6.03 Å². The van der Waals surface area contributed by atoms with Crippen LogP contribution in [0.5, 0.6) is 0 Å². The molecule has 0 aliphatic carbocycles. The summed E-state index contributed by atoms with van der Waals surface area (Å²) < 4.78 is 0. The van der Waals surface area contributed by atoms with E-state index in [0.717, 1.165) is 25.9 Å². The Balaban J connectivity index is 1.92. The largest absolute Gasteiger partial charge is 0.324 e. The van der Waals surface area contributed by atoms with Crippen LogP contribution in [0.1, 0.15) is 40.0 Å². The molecular weight excluding hydrogens is 252 g/mol. The smallest absolute Gasteiger partial charge is 0.323 e. The molecule has 1 aromatic heterocycles. The minimum atomic E-state index is -0.0694. The van der Waals surface area contributed by atoms with Gasteiger partial charge < -0.3 is 4.90 Å². The van der Waals surface area contributed by atoms with Gasteiger partial charge in [-0.25, -0.2) is 4.79 Å². The highest BCUT2D eigenvalue weighted by Crippen LogP contribution is 2.34. The molecule has 2 heterocycles. The molecule has 20 heavy (non-hydrogen) atoms. The van der Waals surface area contributed by atoms with Crippen LogP contribution in [-0.4, -0.2) is 34.2 Å². The predicted molar refractivity (Wildman–Crippen MR) is 79.4 cm³/mol. The molecule has 0 spiro atoms. The Morgan fingerprint density at radius 3 is 2.80 bits per heavy atom. The first-order valence-corrected chi connectivity index (χ1v) is 7.30. The van der Waals surface area contributed by atoms with Crippen LogP contribution >= 0.6 is 0 Å². The van der Waals surface area contributed by atoms with Gasteiger partial charge in [0.05, 0.1) is 0 Å². The van der Waals surface area contributed by atoms with Gasteiger partial charge in [-0.15, -0.1) is 5.10 Å². The van der Waals surface area contributed by atoms with Crippen molar-refractivity contribution in [2.75, 3.05) is 18.4 Å². The maximum Gasteiger partial charge on any atom is 0.323 e. The van der Waals surface area contributed by atoms with Gasteiger partial charge in [-0.3, -0.25) is 5.32 Å². The van der Waals surface area contributed by atoms with Crippen molar-refractivity contribution in [3.8, 4) is 0 Å². The summed E-state index contributed by atoms with van der Waals surface area (Å²) in [6.07, 6.45) is 4.92. The lowest BCUT2D eigenvalue weighted by Gasteiger charge is -2.29. The fraction of sp³-hybridized carbons (Fsp3) is 0.667. The SMILES string of the molecule is CC(C)(C)C1CCCN(C(=O)Nc2cccnn2)CC1. The quantitative estimate of drug-likeness (QED) is 0.857. The summed E-state index contributed by atoms with van der Waals surface area (Å²) in [5.41, 5.74) is 0.317. The highest BCUT2D eigenvalue weighted by atomic mass is 16.2. The monoisotopic (exact) mass is 276 g/mol. The van der Waals surface area contributed by atoms with Crippen LogP contribution in [0, 0.1) is 11.3 Å². The Bertz CT molecular complexity index is 441. The molecule has 1 N–H and O–H groups in total. The van der Waals surface area contributed by atoms with Crippen LogP contribution < -0.4 is 5.32 Å². The third-order valence-electron chi connectivity index (χ3n) is 4.05. The summed E-state index contributed by atoms with van der Waals surface area (Å²) in [7, 11) is 0. The maximum absolute atomic E-state index is 12.2. The van der Waals surface area contributed by atoms with Crippen molar-refractivity contribution in [2.45, 2.75) is 40.0 Å². The molecule has 5 nitrogen and oxygen atoms in total. The molecule has 1 aliphatic rings. The fourth-order valence-corrected chi connectivity index (χ4v) is 2.72. The number of nitrogens with zero attached hydrogens (tertiary/aromatic N) is 3. The maximum atomic E-state index is 12.2. The van der Waals surface area contributed by atoms with Crippen LogP contribution in [-0.2, 0) is 0 Å². The normalized spacial score (nSPS) is 20.4. The molecule has 110 valence electrons. The lowest BCUT2D eigenvalue weighted by Crippen LogP contribution is -2.36. The zero-order valence-corrected chi connectivity index (χ0v) is 12.6. The Labute approximate surface area is 120 Å². The summed E-state index contributed by atoms with van der Waals surface area (Å²) in [6, 6.07) is 3.45. The highest BCUT2D eigenvalue weighted by Gasteiger charge is 2.28. The van der Waals surface area contributed by atoms with Gasteiger partial charge in [0.25, 0.3) is 0 Å². The van der Waals surface area contributed by atoms with Crippen LogP contribution in [0.15, 0.2) is 18.3 Å². The second kappa shape index (κ2) is 6.20. The van der Waals surface area contributed by atoms with E-state index in [-0.39, 0.29) is 6.03 Å². The summed E-state index contributed by atoms with van der Waals surface area (Å²) in [5.74, 6) is 1.19. The summed E-state index contributed by atoms with van der Waals surface area (Å²) in [5, 5.41) is 10.5. The van der Waals surface area contributed by atoms with E-state index in [1.807, 2.05) is 4.90 Å². The standard InChI is InChI=1S/C15H24N4O/c1-15(2,3)12-6-5-10-19(11-8-12)14(20)17-13-7-4-9-16-18-13/h4,7,9,12H,5-6,8,10-11H2,1-3H3,(H,17,18,20). The lowest BCUT2D eigenvalue weighted by molar-refractivity contribution is 0.200. The molecule has 0 bridgehead atoms. The first kappa shape index (κ1) is 14.8. The average molecular weight is 276 g/mol. The molecule has 1 aromatic rings. The predicted octanol–water partition coefficient (Wildman–Crippen LogP) is 3.16. The fourth-order valence-electron chi connectivity index (χ4n) is 2.72. The van der Waals surface area contributed by atoms with Gasteiger partial charge in [0, 0.05) is 19.3 Å². The van der Waals surface area contributed by atoms with E-state index < -0.39 is 0 Å². The summed E-state index contributed by atoms with van der Waals surface area (Å²) in [4.78, 5) is 14.1. The number of hydrogen-bond donors (Lipinski definition) is 1. The molecule has 1 fully saturated rings. The molecule has 2 rings (SSSR count). The van der Waals surface area contributed by atoms with Crippen molar-refractivity contribution in [2.24, 2.45) is 11.3 Å². The summed E-state index contributed by atoms with van der Waals surface area (Å²) in [6.45, 7) is 8.49. The van der Waals surface area contributed by atoms with Gasteiger partial charge in [-0.2, -0.15) is 5.10 Å². The lowest BCUT2D eigenvalue weighted by atomic mass is 9.77. The van der Waals surface area contributed by atoms with Gasteiger partial charge in [0.1, 0.15) is 0 Å². The topological polar surface area (TPSA) is 58.1 Å². The molecule has 1 atom stereocenters. The van der Waals surface area contributed by atoms with Crippen molar-refractivity contribution < 1.29 is 4.79 Å². The molecule has 0 radical (unpaired) electrons. The number of amides is 2. The van der Waals surface area contributed by atoms with E-state index in [0.29, 0.717) is 17.2 Å². The van der Waals surface area contributed by atoms with E-state index in [1.54, 1.807) is 18.3 Å². The third-order valence-corrected chi connectivity index (χ3v) is 4.05. The van der Waals surface area contributed by atoms with Gasteiger partial charge in [0.15, 0.2) is 5.82 Å². The van der Waals surface area contributed by atoms with Crippen LogP contribution in [0.2, 0.25) is 0 Å². The van der Waals surface area contributed by atoms with Crippen LogP contribution in [0.4, 0.5) is 10.6 Å². The molecular formula is C15H24N4O. The zero-order chi connectivity index (χ0) is 14.6. The molecule has 1 unspecified atom stereocenters. The number of nitrogens with one attached hydrogen (secondary N) is 1. The van der Waals surface area contributed by atoms with Gasteiger partial charge in [-0.05, 0) is 42.7 Å². The van der Waals surface area contributed by atoms with Crippen molar-refractivity contribution >= 4 is 11.8 Å². The Morgan fingerprint density at radius 1 is 1.35 bits per heavy atom. The number of aromatic nitrogens is 2. The van der Waals surface area contributed by atoms with Crippen LogP contribution in [0.25, 0.3) is 0 Å².